The Hall–Kier alpha value is -2.30. The first-order valence-corrected chi connectivity index (χ1v) is 6.33. The first-order chi connectivity index (χ1) is 9.33. The van der Waals surface area contributed by atoms with E-state index in [1.807, 2.05) is 6.07 Å². The lowest BCUT2D eigenvalue weighted by atomic mass is 9.98. The molecule has 0 amide bonds. The van der Waals surface area contributed by atoms with Crippen molar-refractivity contribution in [1.29, 1.82) is 0 Å². The Morgan fingerprint density at radius 3 is 2.45 bits per heavy atom. The van der Waals surface area contributed by atoms with Crippen LogP contribution < -0.4 is 5.56 Å². The van der Waals surface area contributed by atoms with E-state index in [9.17, 15) is 14.7 Å². The van der Waals surface area contributed by atoms with Crippen LogP contribution in [0.2, 0.25) is 0 Å². The van der Waals surface area contributed by atoms with Crippen molar-refractivity contribution >= 4 is 5.78 Å². The largest absolute Gasteiger partial charge is 0.479 e. The average molecular weight is 275 g/mol. The van der Waals surface area contributed by atoms with Crippen LogP contribution in [0.5, 0.6) is 5.95 Å². The number of nitrogens with zero attached hydrogens (tertiary/aromatic N) is 1. The second-order valence-electron chi connectivity index (χ2n) is 5.43. The minimum Gasteiger partial charge on any atom is -0.479 e. The monoisotopic (exact) mass is 275 g/mol. The van der Waals surface area contributed by atoms with E-state index in [1.54, 1.807) is 38.1 Å². The van der Waals surface area contributed by atoms with Crippen LogP contribution in [0, 0.1) is 0 Å². The summed E-state index contributed by atoms with van der Waals surface area (Å²) in [5.41, 5.74) is -0.578. The lowest BCUT2D eigenvalue weighted by molar-refractivity contribution is -0.119. The van der Waals surface area contributed by atoms with Crippen molar-refractivity contribution in [2.75, 3.05) is 0 Å². The summed E-state index contributed by atoms with van der Waals surface area (Å²) >= 11 is 0. The summed E-state index contributed by atoms with van der Waals surface area (Å²) < 4.78 is 6.23. The zero-order valence-corrected chi connectivity index (χ0v) is 11.7. The van der Waals surface area contributed by atoms with Gasteiger partial charge < -0.3 is 9.63 Å². The van der Waals surface area contributed by atoms with Gasteiger partial charge in [0.05, 0.1) is 5.54 Å². The zero-order chi connectivity index (χ0) is 14.9. The van der Waals surface area contributed by atoms with E-state index in [0.29, 0.717) is 5.56 Å². The highest BCUT2D eigenvalue weighted by molar-refractivity contribution is 5.76. The molecule has 1 aromatic heterocycles. The minimum atomic E-state index is -0.826. The number of ketones is 1. The molecule has 0 radical (unpaired) electrons. The number of hydrogen-bond donors (Lipinski definition) is 1. The van der Waals surface area contributed by atoms with Gasteiger partial charge in [0.25, 0.3) is 5.56 Å². The molecule has 1 aromatic carbocycles. The Labute approximate surface area is 116 Å². The molecule has 5 nitrogen and oxygen atoms in total. The van der Waals surface area contributed by atoms with Gasteiger partial charge in [-0.05, 0) is 26.3 Å². The Balaban J connectivity index is 2.55. The van der Waals surface area contributed by atoms with Crippen molar-refractivity contribution < 1.29 is 14.4 Å². The molecular formula is C15H17NO4. The first-order valence-electron chi connectivity index (χ1n) is 6.33. The number of rotatable bonds is 4. The molecule has 1 heterocycles. The summed E-state index contributed by atoms with van der Waals surface area (Å²) in [5, 5.41) is 9.89. The van der Waals surface area contributed by atoms with Crippen molar-refractivity contribution in [1.82, 2.24) is 4.74 Å². The third-order valence-electron chi connectivity index (χ3n) is 3.08. The molecule has 0 aliphatic carbocycles. The lowest BCUT2D eigenvalue weighted by Crippen LogP contribution is -2.35. The van der Waals surface area contributed by atoms with Gasteiger partial charge in [-0.2, -0.15) is 4.74 Å². The van der Waals surface area contributed by atoms with E-state index in [-0.39, 0.29) is 17.8 Å². The number of carbonyl (C=O) groups is 1. The van der Waals surface area contributed by atoms with Gasteiger partial charge >= 0.3 is 5.95 Å². The minimum absolute atomic E-state index is 0.0564. The van der Waals surface area contributed by atoms with Crippen molar-refractivity contribution in [3.63, 3.8) is 0 Å². The molecule has 5 heteroatoms. The SMILES string of the molecule is CC(=O)CC(C)(C)n1oc(O)c(-c2ccccc2)c1=O. The average Bonchev–Trinajstić information content (AvgIpc) is 2.65. The highest BCUT2D eigenvalue weighted by Gasteiger charge is 2.30. The lowest BCUT2D eigenvalue weighted by Gasteiger charge is -2.21. The molecule has 0 bridgehead atoms. The molecule has 0 saturated carbocycles. The van der Waals surface area contributed by atoms with Gasteiger partial charge in [0.15, 0.2) is 0 Å². The van der Waals surface area contributed by atoms with E-state index >= 15 is 0 Å². The van der Waals surface area contributed by atoms with Gasteiger partial charge in [-0.15, -0.1) is 0 Å². The van der Waals surface area contributed by atoms with Gasteiger partial charge in [-0.3, -0.25) is 9.59 Å². The van der Waals surface area contributed by atoms with Crippen LogP contribution >= 0.6 is 0 Å². The van der Waals surface area contributed by atoms with Gasteiger partial charge in [0.2, 0.25) is 0 Å². The summed E-state index contributed by atoms with van der Waals surface area (Å²) in [6.45, 7) is 4.88. The molecular weight excluding hydrogens is 258 g/mol. The molecule has 0 aliphatic rings. The molecule has 0 saturated heterocycles. The van der Waals surface area contributed by atoms with Crippen LogP contribution in [0.25, 0.3) is 11.1 Å². The summed E-state index contributed by atoms with van der Waals surface area (Å²) in [7, 11) is 0. The second kappa shape index (κ2) is 5.00. The van der Waals surface area contributed by atoms with E-state index in [1.165, 1.54) is 6.92 Å². The van der Waals surface area contributed by atoms with Crippen molar-refractivity contribution in [2.45, 2.75) is 32.7 Å². The van der Waals surface area contributed by atoms with E-state index in [0.717, 1.165) is 4.74 Å². The van der Waals surface area contributed by atoms with Crippen molar-refractivity contribution in [3.8, 4) is 17.1 Å². The molecule has 2 rings (SSSR count). The maximum Gasteiger partial charge on any atom is 0.318 e. The molecule has 0 spiro atoms. The predicted molar refractivity (Wildman–Crippen MR) is 74.7 cm³/mol. The number of hydrogen-bond acceptors (Lipinski definition) is 4. The molecule has 0 atom stereocenters. The van der Waals surface area contributed by atoms with Gasteiger partial charge in [0.1, 0.15) is 11.3 Å². The third kappa shape index (κ3) is 2.52. The first kappa shape index (κ1) is 14.1. The standard InChI is InChI=1S/C15H17NO4/c1-10(17)9-15(2,3)16-13(18)12(14(19)20-16)11-7-5-4-6-8-11/h4-8,19H,9H2,1-3H3. The quantitative estimate of drug-likeness (QED) is 0.930. The number of benzene rings is 1. The maximum atomic E-state index is 12.4. The number of aromatic hydroxyl groups is 1. The van der Waals surface area contributed by atoms with E-state index in [2.05, 4.69) is 0 Å². The third-order valence-corrected chi connectivity index (χ3v) is 3.08. The summed E-state index contributed by atoms with van der Waals surface area (Å²) in [4.78, 5) is 23.7. The molecule has 1 N–H and O–H groups in total. The second-order valence-corrected chi connectivity index (χ2v) is 5.43. The molecule has 0 unspecified atom stereocenters. The smallest absolute Gasteiger partial charge is 0.318 e. The Morgan fingerprint density at radius 2 is 1.90 bits per heavy atom. The van der Waals surface area contributed by atoms with Gasteiger partial charge in [-0.25, -0.2) is 0 Å². The summed E-state index contributed by atoms with van der Waals surface area (Å²) in [6, 6.07) is 8.79. The predicted octanol–water partition coefficient (Wildman–Crippen LogP) is 2.53. The zero-order valence-electron chi connectivity index (χ0n) is 11.7. The Morgan fingerprint density at radius 1 is 1.30 bits per heavy atom. The van der Waals surface area contributed by atoms with Gasteiger partial charge in [-0.1, -0.05) is 30.3 Å². The fourth-order valence-corrected chi connectivity index (χ4v) is 2.30. The normalized spacial score (nSPS) is 11.6. The van der Waals surface area contributed by atoms with Crippen LogP contribution in [0.1, 0.15) is 27.2 Å². The Bertz CT molecular complexity index is 680. The molecule has 0 aliphatic heterocycles. The van der Waals surface area contributed by atoms with Crippen LogP contribution in [0.15, 0.2) is 39.6 Å². The number of aromatic nitrogens is 1. The maximum absolute atomic E-state index is 12.4. The van der Waals surface area contributed by atoms with Crippen LogP contribution in [0.4, 0.5) is 0 Å². The highest BCUT2D eigenvalue weighted by atomic mass is 16.6. The number of carbonyl (C=O) groups excluding carboxylic acids is 1. The van der Waals surface area contributed by atoms with Crippen molar-refractivity contribution in [3.05, 3.63) is 40.7 Å². The van der Waals surface area contributed by atoms with Crippen LogP contribution in [-0.4, -0.2) is 15.6 Å². The molecule has 20 heavy (non-hydrogen) atoms. The van der Waals surface area contributed by atoms with Crippen LogP contribution in [0.3, 0.4) is 0 Å². The summed E-state index contributed by atoms with van der Waals surface area (Å²) in [6.07, 6.45) is 0.147. The van der Waals surface area contributed by atoms with E-state index < -0.39 is 17.0 Å². The molecule has 0 fully saturated rings. The fraction of sp³-hybridized carbons (Fsp3) is 0.333. The fourth-order valence-electron chi connectivity index (χ4n) is 2.30. The molecule has 2 aromatic rings. The number of Topliss-reactive ketones (excluding diaryl/α,β-unsaturated/α-hetero) is 1. The Kier molecular flexibility index (Phi) is 3.53. The van der Waals surface area contributed by atoms with E-state index in [4.69, 9.17) is 4.52 Å². The van der Waals surface area contributed by atoms with Crippen LogP contribution in [-0.2, 0) is 10.3 Å². The topological polar surface area (TPSA) is 72.4 Å². The van der Waals surface area contributed by atoms with Gasteiger partial charge in [0, 0.05) is 6.42 Å². The summed E-state index contributed by atoms with van der Waals surface area (Å²) in [5.74, 6) is -0.489. The molecule has 106 valence electrons. The van der Waals surface area contributed by atoms with Crippen molar-refractivity contribution in [2.24, 2.45) is 0 Å². The highest BCUT2D eigenvalue weighted by Crippen LogP contribution is 2.29.